The SMILES string of the molecule is Cc1ccc(NS(=O)(=O)c2ccc(C)c(CO)c2)cc1F. The number of aryl methyl sites for hydroxylation is 2. The van der Waals surface area contributed by atoms with E-state index < -0.39 is 15.8 Å². The molecule has 0 amide bonds. The van der Waals surface area contributed by atoms with Gasteiger partial charge < -0.3 is 5.11 Å². The van der Waals surface area contributed by atoms with E-state index in [1.165, 1.54) is 24.3 Å². The van der Waals surface area contributed by atoms with Crippen molar-refractivity contribution in [2.24, 2.45) is 0 Å². The molecule has 112 valence electrons. The number of hydrogen-bond donors (Lipinski definition) is 2. The zero-order valence-corrected chi connectivity index (χ0v) is 12.5. The third-order valence-electron chi connectivity index (χ3n) is 3.23. The molecule has 0 aliphatic carbocycles. The van der Waals surface area contributed by atoms with Crippen LogP contribution in [0.2, 0.25) is 0 Å². The highest BCUT2D eigenvalue weighted by Crippen LogP contribution is 2.20. The normalized spacial score (nSPS) is 11.4. The molecule has 0 bridgehead atoms. The van der Waals surface area contributed by atoms with Crippen LogP contribution >= 0.6 is 0 Å². The summed E-state index contributed by atoms with van der Waals surface area (Å²) < 4.78 is 40.3. The van der Waals surface area contributed by atoms with Crippen LogP contribution < -0.4 is 4.72 Å². The van der Waals surface area contributed by atoms with Gasteiger partial charge >= 0.3 is 0 Å². The molecule has 0 aromatic heterocycles. The Morgan fingerprint density at radius 2 is 1.76 bits per heavy atom. The molecule has 0 saturated carbocycles. The lowest BCUT2D eigenvalue weighted by atomic mass is 10.1. The summed E-state index contributed by atoms with van der Waals surface area (Å²) in [7, 11) is -3.82. The Morgan fingerprint density at radius 3 is 2.38 bits per heavy atom. The molecule has 0 radical (unpaired) electrons. The molecule has 2 rings (SSSR count). The largest absolute Gasteiger partial charge is 0.392 e. The van der Waals surface area contributed by atoms with Gasteiger partial charge in [0.1, 0.15) is 5.82 Å². The number of halogens is 1. The Hall–Kier alpha value is -1.92. The predicted molar refractivity (Wildman–Crippen MR) is 79.0 cm³/mol. The van der Waals surface area contributed by atoms with Gasteiger partial charge in [-0.2, -0.15) is 0 Å². The first-order valence-corrected chi connectivity index (χ1v) is 7.81. The highest BCUT2D eigenvalue weighted by molar-refractivity contribution is 7.92. The molecule has 0 atom stereocenters. The van der Waals surface area contributed by atoms with E-state index in [0.29, 0.717) is 11.1 Å². The summed E-state index contributed by atoms with van der Waals surface area (Å²) in [5.74, 6) is -0.477. The summed E-state index contributed by atoms with van der Waals surface area (Å²) in [5, 5.41) is 9.20. The number of sulfonamides is 1. The second-order valence-electron chi connectivity index (χ2n) is 4.82. The van der Waals surface area contributed by atoms with Crippen molar-refractivity contribution >= 4 is 15.7 Å². The van der Waals surface area contributed by atoms with Crippen LogP contribution in [-0.2, 0) is 16.6 Å². The second kappa shape index (κ2) is 5.83. The summed E-state index contributed by atoms with van der Waals surface area (Å²) in [6, 6.07) is 8.60. The third-order valence-corrected chi connectivity index (χ3v) is 4.60. The lowest BCUT2D eigenvalue weighted by Crippen LogP contribution is -2.13. The van der Waals surface area contributed by atoms with Crippen molar-refractivity contribution in [2.75, 3.05) is 4.72 Å². The molecular weight excluding hydrogens is 293 g/mol. The Morgan fingerprint density at radius 1 is 1.10 bits per heavy atom. The number of rotatable bonds is 4. The van der Waals surface area contributed by atoms with Crippen molar-refractivity contribution in [3.8, 4) is 0 Å². The minimum atomic E-state index is -3.82. The lowest BCUT2D eigenvalue weighted by molar-refractivity contribution is 0.281. The minimum Gasteiger partial charge on any atom is -0.392 e. The first-order chi connectivity index (χ1) is 9.83. The van der Waals surface area contributed by atoms with E-state index in [4.69, 9.17) is 0 Å². The molecule has 0 saturated heterocycles. The third kappa shape index (κ3) is 3.40. The van der Waals surface area contributed by atoms with Gasteiger partial charge in [0.2, 0.25) is 0 Å². The van der Waals surface area contributed by atoms with Gasteiger partial charge in [-0.05, 0) is 54.8 Å². The molecule has 2 aromatic rings. The monoisotopic (exact) mass is 309 g/mol. The molecule has 6 heteroatoms. The smallest absolute Gasteiger partial charge is 0.261 e. The van der Waals surface area contributed by atoms with Gasteiger partial charge in [-0.1, -0.05) is 12.1 Å². The highest BCUT2D eigenvalue weighted by Gasteiger charge is 2.16. The van der Waals surface area contributed by atoms with E-state index in [2.05, 4.69) is 4.72 Å². The maximum atomic E-state index is 13.5. The number of aliphatic hydroxyl groups is 1. The average molecular weight is 309 g/mol. The second-order valence-corrected chi connectivity index (χ2v) is 6.50. The van der Waals surface area contributed by atoms with Gasteiger partial charge in [-0.25, -0.2) is 12.8 Å². The van der Waals surface area contributed by atoms with Crippen LogP contribution in [0.3, 0.4) is 0 Å². The summed E-state index contributed by atoms with van der Waals surface area (Å²) in [6.45, 7) is 3.14. The van der Waals surface area contributed by atoms with Gasteiger partial charge in [0.25, 0.3) is 10.0 Å². The van der Waals surface area contributed by atoms with E-state index in [1.807, 2.05) is 0 Å². The number of anilines is 1. The van der Waals surface area contributed by atoms with Crippen LogP contribution in [0.15, 0.2) is 41.3 Å². The minimum absolute atomic E-state index is 0.0260. The van der Waals surface area contributed by atoms with Crippen LogP contribution in [0.5, 0.6) is 0 Å². The first-order valence-electron chi connectivity index (χ1n) is 6.33. The fourth-order valence-corrected chi connectivity index (χ4v) is 2.96. The van der Waals surface area contributed by atoms with Crippen molar-refractivity contribution in [3.05, 3.63) is 58.9 Å². The van der Waals surface area contributed by atoms with E-state index in [-0.39, 0.29) is 17.2 Å². The Bertz CT molecular complexity index is 772. The Labute approximate surface area is 123 Å². The number of aliphatic hydroxyl groups excluding tert-OH is 1. The summed E-state index contributed by atoms with van der Waals surface area (Å²) in [6.07, 6.45) is 0. The standard InChI is InChI=1S/C15H16FNO3S/c1-10-4-6-14(7-12(10)9-18)21(19,20)17-13-5-3-11(2)15(16)8-13/h3-8,17-18H,9H2,1-2H3. The molecule has 4 nitrogen and oxygen atoms in total. The topological polar surface area (TPSA) is 66.4 Å². The maximum Gasteiger partial charge on any atom is 0.261 e. The Balaban J connectivity index is 2.35. The van der Waals surface area contributed by atoms with E-state index in [9.17, 15) is 17.9 Å². The van der Waals surface area contributed by atoms with Gasteiger partial charge in [0, 0.05) is 0 Å². The van der Waals surface area contributed by atoms with Crippen LogP contribution in [0, 0.1) is 19.7 Å². The first kappa shape index (κ1) is 15.5. The molecule has 2 aromatic carbocycles. The fourth-order valence-electron chi connectivity index (χ4n) is 1.86. The quantitative estimate of drug-likeness (QED) is 0.912. The number of hydrogen-bond acceptors (Lipinski definition) is 3. The average Bonchev–Trinajstić information content (AvgIpc) is 2.43. The predicted octanol–water partition coefficient (Wildman–Crippen LogP) is 2.74. The Kier molecular flexibility index (Phi) is 4.29. The summed E-state index contributed by atoms with van der Waals surface area (Å²) in [5.41, 5.74) is 1.94. The zero-order chi connectivity index (χ0) is 15.6. The van der Waals surface area contributed by atoms with Gasteiger partial charge in [0.15, 0.2) is 0 Å². The van der Waals surface area contributed by atoms with Crippen LogP contribution in [0.4, 0.5) is 10.1 Å². The molecular formula is C15H16FNO3S. The summed E-state index contributed by atoms with van der Waals surface area (Å²) in [4.78, 5) is 0.0260. The lowest BCUT2D eigenvalue weighted by Gasteiger charge is -2.11. The maximum absolute atomic E-state index is 13.5. The number of benzene rings is 2. The van der Waals surface area contributed by atoms with Crippen LogP contribution in [0.25, 0.3) is 0 Å². The number of nitrogens with one attached hydrogen (secondary N) is 1. The van der Waals surface area contributed by atoms with Crippen LogP contribution in [0.1, 0.15) is 16.7 Å². The van der Waals surface area contributed by atoms with Crippen molar-refractivity contribution < 1.29 is 17.9 Å². The summed E-state index contributed by atoms with van der Waals surface area (Å²) >= 11 is 0. The molecule has 21 heavy (non-hydrogen) atoms. The van der Waals surface area contributed by atoms with Gasteiger partial charge in [-0.15, -0.1) is 0 Å². The van der Waals surface area contributed by atoms with Crippen molar-refractivity contribution in [2.45, 2.75) is 25.3 Å². The molecule has 0 heterocycles. The van der Waals surface area contributed by atoms with E-state index in [0.717, 1.165) is 11.6 Å². The molecule has 0 aliphatic rings. The van der Waals surface area contributed by atoms with E-state index in [1.54, 1.807) is 19.9 Å². The molecule has 2 N–H and O–H groups in total. The van der Waals surface area contributed by atoms with E-state index >= 15 is 0 Å². The van der Waals surface area contributed by atoms with Gasteiger partial charge in [0.05, 0.1) is 17.2 Å². The molecule has 0 unspecified atom stereocenters. The van der Waals surface area contributed by atoms with Gasteiger partial charge in [-0.3, -0.25) is 4.72 Å². The molecule has 0 spiro atoms. The van der Waals surface area contributed by atoms with Crippen molar-refractivity contribution in [3.63, 3.8) is 0 Å². The van der Waals surface area contributed by atoms with Crippen molar-refractivity contribution in [1.29, 1.82) is 0 Å². The highest BCUT2D eigenvalue weighted by atomic mass is 32.2. The fraction of sp³-hybridized carbons (Fsp3) is 0.200. The zero-order valence-electron chi connectivity index (χ0n) is 11.7. The van der Waals surface area contributed by atoms with Crippen molar-refractivity contribution in [1.82, 2.24) is 0 Å². The molecule has 0 aliphatic heterocycles. The molecule has 0 fully saturated rings. The van der Waals surface area contributed by atoms with Crippen LogP contribution in [-0.4, -0.2) is 13.5 Å².